The summed E-state index contributed by atoms with van der Waals surface area (Å²) in [5, 5.41) is 15.8. The lowest BCUT2D eigenvalue weighted by molar-refractivity contribution is 0.0519. The monoisotopic (exact) mass is 399 g/mol. The van der Waals surface area contributed by atoms with Crippen LogP contribution in [0.15, 0.2) is 24.3 Å². The molecule has 0 atom stereocenters. The van der Waals surface area contributed by atoms with E-state index in [9.17, 15) is 9.90 Å². The molecule has 0 spiro atoms. The van der Waals surface area contributed by atoms with Gasteiger partial charge in [0.15, 0.2) is 11.3 Å². The number of aromatic hydroxyl groups is 1. The molecule has 0 radical (unpaired) electrons. The Hall–Kier alpha value is -3.29. The second-order valence-corrected chi connectivity index (χ2v) is 6.82. The number of rotatable bonds is 7. The summed E-state index contributed by atoms with van der Waals surface area (Å²) >= 11 is 0. The summed E-state index contributed by atoms with van der Waals surface area (Å²) in [6.07, 6.45) is 0. The molecule has 3 aromatic rings. The SMILES string of the molecule is CCOC(=O)c1cc(O)c2c(C(C)C)nn(Cc3ccc(OC)cc3OC)c2n1. The fourth-order valence-electron chi connectivity index (χ4n) is 3.15. The normalized spacial score (nSPS) is 11.1. The van der Waals surface area contributed by atoms with Crippen molar-refractivity contribution >= 4 is 17.0 Å². The van der Waals surface area contributed by atoms with Crippen molar-refractivity contribution in [2.45, 2.75) is 33.2 Å². The van der Waals surface area contributed by atoms with E-state index in [1.54, 1.807) is 31.9 Å². The van der Waals surface area contributed by atoms with E-state index in [1.807, 2.05) is 26.0 Å². The van der Waals surface area contributed by atoms with Gasteiger partial charge in [-0.25, -0.2) is 14.5 Å². The van der Waals surface area contributed by atoms with Gasteiger partial charge in [-0.1, -0.05) is 13.8 Å². The van der Waals surface area contributed by atoms with Gasteiger partial charge in [0.25, 0.3) is 0 Å². The standard InChI is InChI=1S/C21H25N3O5/c1-6-29-21(26)15-10-16(25)18-19(12(2)3)23-24(20(18)22-15)11-13-7-8-14(27-4)9-17(13)28-5/h7-10,12H,6,11H2,1-5H3,(H,22,25). The highest BCUT2D eigenvalue weighted by atomic mass is 16.5. The Labute approximate surface area is 169 Å². The molecule has 0 aliphatic heterocycles. The molecule has 8 nitrogen and oxygen atoms in total. The van der Waals surface area contributed by atoms with E-state index in [1.165, 1.54) is 6.07 Å². The van der Waals surface area contributed by atoms with Crippen LogP contribution in [0.3, 0.4) is 0 Å². The predicted octanol–water partition coefficient (Wildman–Crippen LogP) is 3.50. The zero-order chi connectivity index (χ0) is 21.1. The average Bonchev–Trinajstić information content (AvgIpc) is 3.07. The highest BCUT2D eigenvalue weighted by Crippen LogP contribution is 2.33. The fourth-order valence-corrected chi connectivity index (χ4v) is 3.15. The van der Waals surface area contributed by atoms with E-state index >= 15 is 0 Å². The lowest BCUT2D eigenvalue weighted by Gasteiger charge is -2.11. The van der Waals surface area contributed by atoms with Crippen LogP contribution < -0.4 is 9.47 Å². The molecule has 0 bridgehead atoms. The van der Waals surface area contributed by atoms with Crippen LogP contribution in [0.5, 0.6) is 17.2 Å². The molecule has 1 N–H and O–H groups in total. The van der Waals surface area contributed by atoms with Crippen LogP contribution in [-0.2, 0) is 11.3 Å². The van der Waals surface area contributed by atoms with Crippen molar-refractivity contribution in [3.8, 4) is 17.2 Å². The molecular formula is C21H25N3O5. The summed E-state index contributed by atoms with van der Waals surface area (Å²) in [6.45, 7) is 6.25. The number of nitrogens with zero attached hydrogens (tertiary/aromatic N) is 3. The molecule has 154 valence electrons. The minimum absolute atomic E-state index is 0.0370. The number of hydrogen-bond donors (Lipinski definition) is 1. The number of fused-ring (bicyclic) bond motifs is 1. The van der Waals surface area contributed by atoms with Crippen LogP contribution in [-0.4, -0.2) is 46.7 Å². The van der Waals surface area contributed by atoms with Crippen molar-refractivity contribution in [1.29, 1.82) is 0 Å². The van der Waals surface area contributed by atoms with Gasteiger partial charge in [0, 0.05) is 17.7 Å². The van der Waals surface area contributed by atoms with E-state index < -0.39 is 5.97 Å². The fraction of sp³-hybridized carbons (Fsp3) is 0.381. The van der Waals surface area contributed by atoms with Gasteiger partial charge >= 0.3 is 5.97 Å². The number of hydrogen-bond acceptors (Lipinski definition) is 7. The first-order valence-corrected chi connectivity index (χ1v) is 9.38. The average molecular weight is 399 g/mol. The number of aromatic nitrogens is 3. The molecule has 0 aliphatic carbocycles. The zero-order valence-electron chi connectivity index (χ0n) is 17.2. The highest BCUT2D eigenvalue weighted by Gasteiger charge is 2.22. The Morgan fingerprint density at radius 1 is 1.21 bits per heavy atom. The van der Waals surface area contributed by atoms with E-state index in [4.69, 9.17) is 14.2 Å². The summed E-state index contributed by atoms with van der Waals surface area (Å²) in [7, 11) is 3.18. The van der Waals surface area contributed by atoms with Gasteiger partial charge in [0.05, 0.1) is 38.5 Å². The van der Waals surface area contributed by atoms with Crippen molar-refractivity contribution in [3.63, 3.8) is 0 Å². The molecule has 0 saturated carbocycles. The third-order valence-corrected chi connectivity index (χ3v) is 4.55. The van der Waals surface area contributed by atoms with Crippen molar-refractivity contribution in [2.75, 3.05) is 20.8 Å². The first kappa shape index (κ1) is 20.4. The van der Waals surface area contributed by atoms with E-state index in [-0.39, 0.29) is 24.0 Å². The summed E-state index contributed by atoms with van der Waals surface area (Å²) in [4.78, 5) is 16.6. The number of carbonyl (C=O) groups excluding carboxylic acids is 1. The molecule has 0 unspecified atom stereocenters. The number of carbonyl (C=O) groups is 1. The summed E-state index contributed by atoms with van der Waals surface area (Å²) in [5.41, 5.74) is 2.01. The maximum atomic E-state index is 12.2. The minimum Gasteiger partial charge on any atom is -0.507 e. The Kier molecular flexibility index (Phi) is 5.91. The van der Waals surface area contributed by atoms with Crippen LogP contribution >= 0.6 is 0 Å². The molecule has 0 saturated heterocycles. The van der Waals surface area contributed by atoms with Gasteiger partial charge in [-0.15, -0.1) is 0 Å². The number of pyridine rings is 1. The molecule has 0 amide bonds. The van der Waals surface area contributed by atoms with Crippen molar-refractivity contribution < 1.29 is 24.1 Å². The van der Waals surface area contributed by atoms with E-state index in [0.717, 1.165) is 5.56 Å². The molecule has 2 aromatic heterocycles. The maximum absolute atomic E-state index is 12.2. The number of methoxy groups -OCH3 is 2. The largest absolute Gasteiger partial charge is 0.507 e. The van der Waals surface area contributed by atoms with E-state index in [0.29, 0.717) is 34.8 Å². The van der Waals surface area contributed by atoms with Gasteiger partial charge in [-0.05, 0) is 25.0 Å². The van der Waals surface area contributed by atoms with Crippen molar-refractivity contribution in [2.24, 2.45) is 0 Å². The van der Waals surface area contributed by atoms with Gasteiger partial charge in [-0.3, -0.25) is 0 Å². The topological polar surface area (TPSA) is 95.7 Å². The Morgan fingerprint density at radius 3 is 2.59 bits per heavy atom. The molecule has 2 heterocycles. The predicted molar refractivity (Wildman–Crippen MR) is 108 cm³/mol. The molecule has 29 heavy (non-hydrogen) atoms. The Morgan fingerprint density at radius 2 is 1.97 bits per heavy atom. The van der Waals surface area contributed by atoms with Crippen molar-refractivity contribution in [3.05, 3.63) is 41.2 Å². The van der Waals surface area contributed by atoms with Crippen LogP contribution in [0.1, 0.15) is 48.4 Å². The third-order valence-electron chi connectivity index (χ3n) is 4.55. The lowest BCUT2D eigenvalue weighted by Crippen LogP contribution is -2.09. The third kappa shape index (κ3) is 3.96. The van der Waals surface area contributed by atoms with Gasteiger partial charge in [-0.2, -0.15) is 5.10 Å². The lowest BCUT2D eigenvalue weighted by atomic mass is 10.1. The molecule has 8 heteroatoms. The van der Waals surface area contributed by atoms with Crippen molar-refractivity contribution in [1.82, 2.24) is 14.8 Å². The van der Waals surface area contributed by atoms with Gasteiger partial charge < -0.3 is 19.3 Å². The smallest absolute Gasteiger partial charge is 0.357 e. The quantitative estimate of drug-likeness (QED) is 0.608. The zero-order valence-corrected chi connectivity index (χ0v) is 17.2. The molecule has 3 rings (SSSR count). The molecule has 0 fully saturated rings. The second kappa shape index (κ2) is 8.38. The molecule has 0 aliphatic rings. The highest BCUT2D eigenvalue weighted by molar-refractivity contribution is 5.94. The number of benzene rings is 1. The van der Waals surface area contributed by atoms with Crippen LogP contribution in [0, 0.1) is 0 Å². The van der Waals surface area contributed by atoms with Gasteiger partial charge in [0.2, 0.25) is 0 Å². The maximum Gasteiger partial charge on any atom is 0.357 e. The summed E-state index contributed by atoms with van der Waals surface area (Å²) < 4.78 is 17.4. The summed E-state index contributed by atoms with van der Waals surface area (Å²) in [5.74, 6) is 0.738. The number of esters is 1. The first-order chi connectivity index (χ1) is 13.9. The van der Waals surface area contributed by atoms with Gasteiger partial charge in [0.1, 0.15) is 17.2 Å². The second-order valence-electron chi connectivity index (χ2n) is 6.82. The molecular weight excluding hydrogens is 374 g/mol. The number of ether oxygens (including phenoxy) is 3. The van der Waals surface area contributed by atoms with Crippen LogP contribution in [0.25, 0.3) is 11.0 Å². The van der Waals surface area contributed by atoms with Crippen LogP contribution in [0.2, 0.25) is 0 Å². The minimum atomic E-state index is -0.592. The Bertz CT molecular complexity index is 1040. The first-order valence-electron chi connectivity index (χ1n) is 9.38. The Balaban J connectivity index is 2.15. The van der Waals surface area contributed by atoms with Crippen LogP contribution in [0.4, 0.5) is 0 Å². The van der Waals surface area contributed by atoms with E-state index in [2.05, 4.69) is 10.1 Å². The molecule has 1 aromatic carbocycles. The summed E-state index contributed by atoms with van der Waals surface area (Å²) in [6, 6.07) is 6.84.